The van der Waals surface area contributed by atoms with Crippen LogP contribution in [0, 0.1) is 0 Å². The summed E-state index contributed by atoms with van der Waals surface area (Å²) in [6.45, 7) is 0.199. The number of nitrogens with zero attached hydrogens (tertiary/aromatic N) is 1. The molecule has 3 aromatic carbocycles. The molecule has 1 unspecified atom stereocenters. The molecule has 0 spiro atoms. The molecule has 5 aromatic rings. The van der Waals surface area contributed by atoms with Crippen LogP contribution in [-0.4, -0.2) is 26.6 Å². The zero-order valence-electron chi connectivity index (χ0n) is 21.1. The lowest BCUT2D eigenvalue weighted by Crippen LogP contribution is -2.45. The smallest absolute Gasteiger partial charge is 0.328 e. The third-order valence-electron chi connectivity index (χ3n) is 6.82. The van der Waals surface area contributed by atoms with Gasteiger partial charge in [-0.1, -0.05) is 72.8 Å². The number of aromatic amines is 3. The van der Waals surface area contributed by atoms with E-state index in [9.17, 15) is 19.2 Å². The molecule has 2 aromatic heterocycles. The molecule has 0 aliphatic rings. The fourth-order valence-corrected chi connectivity index (χ4v) is 4.98. The lowest BCUT2D eigenvalue weighted by Gasteiger charge is -2.34. The largest absolute Gasteiger partial charge is 0.497 e. The fourth-order valence-electron chi connectivity index (χ4n) is 4.98. The first-order valence-corrected chi connectivity index (χ1v) is 12.3. The first kappa shape index (κ1) is 25.5. The summed E-state index contributed by atoms with van der Waals surface area (Å²) in [6, 6.07) is 25.8. The molecule has 9 heteroatoms. The topological polar surface area (TPSA) is 130 Å². The highest BCUT2D eigenvalue weighted by molar-refractivity contribution is 5.51. The molecule has 0 amide bonds. The van der Waals surface area contributed by atoms with Gasteiger partial charge in [-0.15, -0.1) is 0 Å². The third-order valence-corrected chi connectivity index (χ3v) is 6.82. The predicted molar refractivity (Wildman–Crippen MR) is 148 cm³/mol. The third kappa shape index (κ3) is 5.02. The average Bonchev–Trinajstić information content (AvgIpc) is 2.95. The van der Waals surface area contributed by atoms with Gasteiger partial charge in [0.2, 0.25) is 0 Å². The Kier molecular flexibility index (Phi) is 6.96. The summed E-state index contributed by atoms with van der Waals surface area (Å²) in [5.41, 5.74) is -1.44. The SMILES string of the molecule is COc1cccc(C(Cc2ccccc2)(c2c[nH]c(=O)[nH]c2=O)c2cn(Cc3ccccc3)c(=O)[nH]c2=O)c1. The first-order valence-electron chi connectivity index (χ1n) is 12.3. The molecule has 196 valence electrons. The Labute approximate surface area is 222 Å². The summed E-state index contributed by atoms with van der Waals surface area (Å²) >= 11 is 0. The molecule has 0 aliphatic carbocycles. The van der Waals surface area contributed by atoms with E-state index in [4.69, 9.17) is 4.74 Å². The molecule has 39 heavy (non-hydrogen) atoms. The summed E-state index contributed by atoms with van der Waals surface area (Å²) in [5.74, 6) is 0.514. The molecule has 0 saturated carbocycles. The molecule has 0 aliphatic heterocycles. The van der Waals surface area contributed by atoms with Crippen LogP contribution in [-0.2, 0) is 18.4 Å². The lowest BCUT2D eigenvalue weighted by molar-refractivity contribution is 0.413. The second kappa shape index (κ2) is 10.7. The molecule has 2 heterocycles. The minimum absolute atomic E-state index is 0.134. The van der Waals surface area contributed by atoms with Crippen LogP contribution in [0.5, 0.6) is 5.75 Å². The maximum atomic E-state index is 13.7. The van der Waals surface area contributed by atoms with E-state index >= 15 is 0 Å². The van der Waals surface area contributed by atoms with Crippen LogP contribution in [0.15, 0.2) is 117 Å². The van der Waals surface area contributed by atoms with E-state index in [0.29, 0.717) is 11.3 Å². The summed E-state index contributed by atoms with van der Waals surface area (Å²) in [6.07, 6.45) is 3.00. The number of ether oxygens (including phenoxy) is 1. The zero-order valence-corrected chi connectivity index (χ0v) is 21.1. The van der Waals surface area contributed by atoms with E-state index < -0.39 is 27.9 Å². The van der Waals surface area contributed by atoms with Crippen LogP contribution >= 0.6 is 0 Å². The van der Waals surface area contributed by atoms with E-state index in [1.807, 2.05) is 60.7 Å². The van der Waals surface area contributed by atoms with Gasteiger partial charge in [-0.3, -0.25) is 24.1 Å². The average molecular weight is 523 g/mol. The maximum absolute atomic E-state index is 13.7. The van der Waals surface area contributed by atoms with Crippen molar-refractivity contribution in [1.82, 2.24) is 19.5 Å². The summed E-state index contributed by atoms with van der Waals surface area (Å²) < 4.78 is 6.90. The predicted octanol–water partition coefficient (Wildman–Crippen LogP) is 2.55. The van der Waals surface area contributed by atoms with Gasteiger partial charge in [0, 0.05) is 23.5 Å². The van der Waals surface area contributed by atoms with E-state index in [1.165, 1.54) is 24.1 Å². The van der Waals surface area contributed by atoms with Crippen LogP contribution in [0.3, 0.4) is 0 Å². The summed E-state index contributed by atoms with van der Waals surface area (Å²) in [5, 5.41) is 0. The molecule has 0 bridgehead atoms. The number of methoxy groups -OCH3 is 1. The molecule has 0 radical (unpaired) electrons. The monoisotopic (exact) mass is 522 g/mol. The Morgan fingerprint density at radius 1 is 0.769 bits per heavy atom. The Bertz CT molecular complexity index is 1840. The minimum Gasteiger partial charge on any atom is -0.497 e. The first-order chi connectivity index (χ1) is 18.9. The van der Waals surface area contributed by atoms with Crippen LogP contribution in [0.4, 0.5) is 0 Å². The fraction of sp³-hybridized carbons (Fsp3) is 0.133. The van der Waals surface area contributed by atoms with Crippen LogP contribution < -0.4 is 27.2 Å². The summed E-state index contributed by atoms with van der Waals surface area (Å²) in [4.78, 5) is 59.4. The second-order valence-electron chi connectivity index (χ2n) is 9.20. The van der Waals surface area contributed by atoms with Gasteiger partial charge in [0.05, 0.1) is 19.1 Å². The van der Waals surface area contributed by atoms with Crippen molar-refractivity contribution in [3.8, 4) is 5.75 Å². The van der Waals surface area contributed by atoms with Crippen molar-refractivity contribution in [2.24, 2.45) is 0 Å². The van der Waals surface area contributed by atoms with Gasteiger partial charge >= 0.3 is 11.4 Å². The van der Waals surface area contributed by atoms with Crippen LogP contribution in [0.25, 0.3) is 0 Å². The Balaban J connectivity index is 1.88. The molecule has 0 fully saturated rings. The standard InChI is InChI=1S/C30H26N4O5/c1-39-23-14-8-13-22(15-23)30(16-20-9-4-2-5-10-20,24-17-31-28(37)32-26(24)35)25-19-34(29(38)33-27(25)36)18-21-11-6-3-7-12-21/h2-15,17,19H,16,18H2,1H3,(H,33,36,38)(H2,31,32,35,37). The second-order valence-corrected chi connectivity index (χ2v) is 9.20. The van der Waals surface area contributed by atoms with E-state index in [2.05, 4.69) is 15.0 Å². The van der Waals surface area contributed by atoms with Crippen molar-refractivity contribution in [3.05, 3.63) is 167 Å². The van der Waals surface area contributed by atoms with Gasteiger partial charge in [0.1, 0.15) is 5.75 Å². The quantitative estimate of drug-likeness (QED) is 0.288. The zero-order chi connectivity index (χ0) is 27.4. The molecule has 5 rings (SSSR count). The highest BCUT2D eigenvalue weighted by Crippen LogP contribution is 2.40. The molecule has 1 atom stereocenters. The van der Waals surface area contributed by atoms with Crippen LogP contribution in [0.1, 0.15) is 27.8 Å². The Morgan fingerprint density at radius 2 is 1.44 bits per heavy atom. The van der Waals surface area contributed by atoms with Gasteiger partial charge in [0.15, 0.2) is 0 Å². The lowest BCUT2D eigenvalue weighted by atomic mass is 9.67. The Hall–Kier alpha value is -5.18. The molecule has 9 nitrogen and oxygen atoms in total. The molecule has 3 N–H and O–H groups in total. The van der Waals surface area contributed by atoms with E-state index in [1.54, 1.807) is 24.3 Å². The van der Waals surface area contributed by atoms with Gasteiger partial charge in [-0.2, -0.15) is 0 Å². The van der Waals surface area contributed by atoms with Crippen molar-refractivity contribution >= 4 is 0 Å². The highest BCUT2D eigenvalue weighted by Gasteiger charge is 2.42. The normalized spacial score (nSPS) is 12.5. The van der Waals surface area contributed by atoms with Gasteiger partial charge in [-0.25, -0.2) is 9.59 Å². The van der Waals surface area contributed by atoms with Crippen molar-refractivity contribution in [2.45, 2.75) is 18.4 Å². The van der Waals surface area contributed by atoms with Gasteiger partial charge in [0.25, 0.3) is 11.1 Å². The molecular formula is C30H26N4O5. The van der Waals surface area contributed by atoms with Crippen molar-refractivity contribution in [1.29, 1.82) is 0 Å². The van der Waals surface area contributed by atoms with E-state index in [-0.39, 0.29) is 24.1 Å². The number of H-pyrrole nitrogens is 3. The summed E-state index contributed by atoms with van der Waals surface area (Å²) in [7, 11) is 1.53. The van der Waals surface area contributed by atoms with Crippen molar-refractivity contribution in [3.63, 3.8) is 0 Å². The van der Waals surface area contributed by atoms with E-state index in [0.717, 1.165) is 11.1 Å². The van der Waals surface area contributed by atoms with Crippen molar-refractivity contribution in [2.75, 3.05) is 7.11 Å². The highest BCUT2D eigenvalue weighted by atomic mass is 16.5. The number of rotatable bonds is 8. The number of hydrogen-bond acceptors (Lipinski definition) is 5. The Morgan fingerprint density at radius 3 is 2.10 bits per heavy atom. The molecule has 0 saturated heterocycles. The van der Waals surface area contributed by atoms with Gasteiger partial charge < -0.3 is 9.72 Å². The minimum atomic E-state index is -1.42. The van der Waals surface area contributed by atoms with Gasteiger partial charge in [-0.05, 0) is 35.2 Å². The maximum Gasteiger partial charge on any atom is 0.328 e. The molecular weight excluding hydrogens is 496 g/mol. The van der Waals surface area contributed by atoms with Crippen molar-refractivity contribution < 1.29 is 4.74 Å². The number of aromatic nitrogens is 4. The number of benzene rings is 3. The number of hydrogen-bond donors (Lipinski definition) is 3. The number of nitrogens with one attached hydrogen (secondary N) is 3. The van der Waals surface area contributed by atoms with Crippen LogP contribution in [0.2, 0.25) is 0 Å².